The Hall–Kier alpha value is -1.83. The molecule has 0 N–H and O–H groups in total. The number of halogens is 2. The maximum atomic E-state index is 12.1. The second-order valence-corrected chi connectivity index (χ2v) is 5.82. The van der Waals surface area contributed by atoms with Crippen LogP contribution in [0.15, 0.2) is 21.7 Å². The van der Waals surface area contributed by atoms with Crippen LogP contribution in [0.5, 0.6) is 0 Å². The molecule has 21 heavy (non-hydrogen) atoms. The Bertz CT molecular complexity index is 662. The number of nitrogens with zero attached hydrogens (tertiary/aromatic N) is 5. The van der Waals surface area contributed by atoms with Crippen LogP contribution in [0, 0.1) is 16.0 Å². The Morgan fingerprint density at radius 1 is 1.62 bits per heavy atom. The van der Waals surface area contributed by atoms with Gasteiger partial charge in [-0.25, -0.2) is 0 Å². The molecule has 1 heterocycles. The predicted molar refractivity (Wildman–Crippen MR) is 80.3 cm³/mol. The third-order valence-electron chi connectivity index (χ3n) is 3.08. The van der Waals surface area contributed by atoms with Crippen LogP contribution < -0.4 is 4.90 Å². The molecule has 2 rings (SSSR count). The first-order valence-electron chi connectivity index (χ1n) is 5.88. The van der Waals surface area contributed by atoms with E-state index >= 15 is 0 Å². The molecule has 1 aliphatic heterocycles. The van der Waals surface area contributed by atoms with Crippen LogP contribution in [0.3, 0.4) is 0 Å². The fourth-order valence-electron chi connectivity index (χ4n) is 2.23. The van der Waals surface area contributed by atoms with E-state index in [0.717, 1.165) is 0 Å². The number of nitro groups is 1. The third-order valence-corrected chi connectivity index (χ3v) is 3.83. The lowest BCUT2D eigenvalue weighted by atomic mass is 10.1. The number of azide groups is 1. The second kappa shape index (κ2) is 6.30. The fourth-order valence-corrected chi connectivity index (χ4v) is 3.12. The van der Waals surface area contributed by atoms with Crippen LogP contribution in [-0.2, 0) is 4.79 Å². The Balaban J connectivity index is 2.40. The molecule has 1 fully saturated rings. The summed E-state index contributed by atoms with van der Waals surface area (Å²) in [5.74, 6) is -0.451. The summed E-state index contributed by atoms with van der Waals surface area (Å²) in [5.41, 5.74) is 8.15. The molecule has 8 nitrogen and oxygen atoms in total. The molecule has 10 heteroatoms. The Morgan fingerprint density at radius 3 is 2.95 bits per heavy atom. The fraction of sp³-hybridized carbons (Fsp3) is 0.364. The Morgan fingerprint density at radius 2 is 2.33 bits per heavy atom. The topological polar surface area (TPSA) is 112 Å². The van der Waals surface area contributed by atoms with Gasteiger partial charge in [-0.1, -0.05) is 32.6 Å². The molecule has 0 spiro atoms. The number of anilines is 1. The van der Waals surface area contributed by atoms with Gasteiger partial charge in [0.1, 0.15) is 5.69 Å². The summed E-state index contributed by atoms with van der Waals surface area (Å²) in [6, 6.07) is 2.80. The number of rotatable bonds is 4. The zero-order chi connectivity index (χ0) is 15.6. The van der Waals surface area contributed by atoms with Crippen molar-refractivity contribution < 1.29 is 9.72 Å². The lowest BCUT2D eigenvalue weighted by Gasteiger charge is -2.18. The van der Waals surface area contributed by atoms with Crippen molar-refractivity contribution in [3.63, 3.8) is 0 Å². The molecule has 0 bridgehead atoms. The number of nitro benzene ring substituents is 1. The molecule has 1 aromatic rings. The average Bonchev–Trinajstić information content (AvgIpc) is 2.76. The smallest absolute Gasteiger partial charge is 0.295 e. The van der Waals surface area contributed by atoms with Gasteiger partial charge in [0.15, 0.2) is 0 Å². The van der Waals surface area contributed by atoms with Gasteiger partial charge in [-0.2, -0.15) is 0 Å². The second-order valence-electron chi connectivity index (χ2n) is 4.50. The monoisotopic (exact) mass is 373 g/mol. The Labute approximate surface area is 132 Å². The van der Waals surface area contributed by atoms with Gasteiger partial charge in [-0.05, 0) is 17.5 Å². The van der Waals surface area contributed by atoms with Gasteiger partial charge in [0.05, 0.1) is 9.95 Å². The van der Waals surface area contributed by atoms with Crippen molar-refractivity contribution in [2.75, 3.05) is 18.0 Å². The minimum Gasteiger partial charge on any atom is -0.305 e. The lowest BCUT2D eigenvalue weighted by Crippen LogP contribution is -2.26. The highest BCUT2D eigenvalue weighted by atomic mass is 79.9. The third kappa shape index (κ3) is 3.26. The van der Waals surface area contributed by atoms with Crippen LogP contribution in [0.4, 0.5) is 11.4 Å². The largest absolute Gasteiger partial charge is 0.305 e. The highest BCUT2D eigenvalue weighted by Crippen LogP contribution is 2.41. The average molecular weight is 375 g/mol. The lowest BCUT2D eigenvalue weighted by molar-refractivity contribution is -0.384. The molecule has 110 valence electrons. The highest BCUT2D eigenvalue weighted by Gasteiger charge is 2.35. The molecular weight excluding hydrogens is 366 g/mol. The number of carbonyl (C=O) groups excluding carboxylic acids is 1. The summed E-state index contributed by atoms with van der Waals surface area (Å²) in [6.45, 7) is 0.404. The van der Waals surface area contributed by atoms with E-state index in [1.165, 1.54) is 17.0 Å². The first kappa shape index (κ1) is 15.6. The molecule has 1 amide bonds. The van der Waals surface area contributed by atoms with Gasteiger partial charge < -0.3 is 4.90 Å². The van der Waals surface area contributed by atoms with Crippen LogP contribution >= 0.6 is 27.5 Å². The van der Waals surface area contributed by atoms with E-state index in [1.54, 1.807) is 0 Å². The quantitative estimate of drug-likeness (QED) is 0.263. The standard InChI is InChI=1S/C11H9BrClN5O3/c12-7-2-8(13)11(9(3-7)18(20)21)17-5-6(1-10(17)19)4-15-16-14/h2-3,6H,1,4-5H2. The Kier molecular flexibility index (Phi) is 4.66. The molecule has 1 aliphatic rings. The van der Waals surface area contributed by atoms with Crippen molar-refractivity contribution in [1.82, 2.24) is 0 Å². The molecule has 1 aromatic carbocycles. The van der Waals surface area contributed by atoms with E-state index in [1.807, 2.05) is 0 Å². The SMILES string of the molecule is [N-]=[N+]=NCC1CC(=O)N(c2c(Cl)cc(Br)cc2[N+](=O)[O-])C1. The minimum absolute atomic E-state index is 0.0818. The summed E-state index contributed by atoms with van der Waals surface area (Å²) in [4.78, 5) is 26.6. The van der Waals surface area contributed by atoms with Crippen molar-refractivity contribution in [1.29, 1.82) is 0 Å². The van der Waals surface area contributed by atoms with Crippen LogP contribution in [0.2, 0.25) is 5.02 Å². The number of hydrogen-bond donors (Lipinski definition) is 0. The van der Waals surface area contributed by atoms with E-state index < -0.39 is 4.92 Å². The number of benzene rings is 1. The van der Waals surface area contributed by atoms with Crippen molar-refractivity contribution in [2.45, 2.75) is 6.42 Å². The minimum atomic E-state index is -0.583. The number of hydrogen-bond acceptors (Lipinski definition) is 4. The molecule has 0 saturated carbocycles. The van der Waals surface area contributed by atoms with Crippen molar-refractivity contribution >= 4 is 44.8 Å². The van der Waals surface area contributed by atoms with Crippen LogP contribution in [0.1, 0.15) is 6.42 Å². The van der Waals surface area contributed by atoms with E-state index in [4.69, 9.17) is 17.1 Å². The van der Waals surface area contributed by atoms with Gasteiger partial charge in [0.25, 0.3) is 5.69 Å². The zero-order valence-corrected chi connectivity index (χ0v) is 12.9. The zero-order valence-electron chi connectivity index (χ0n) is 10.6. The van der Waals surface area contributed by atoms with Crippen molar-refractivity contribution in [2.24, 2.45) is 11.0 Å². The summed E-state index contributed by atoms with van der Waals surface area (Å²) in [6.07, 6.45) is 0.169. The van der Waals surface area contributed by atoms with Crippen molar-refractivity contribution in [3.8, 4) is 0 Å². The van der Waals surface area contributed by atoms with E-state index in [9.17, 15) is 14.9 Å². The molecule has 0 aromatic heterocycles. The van der Waals surface area contributed by atoms with Gasteiger partial charge in [-0.15, -0.1) is 0 Å². The number of amides is 1. The summed E-state index contributed by atoms with van der Waals surface area (Å²) < 4.78 is 0.459. The summed E-state index contributed by atoms with van der Waals surface area (Å²) in [5, 5.41) is 14.7. The van der Waals surface area contributed by atoms with Crippen molar-refractivity contribution in [3.05, 3.63) is 42.2 Å². The molecule has 1 saturated heterocycles. The van der Waals surface area contributed by atoms with Crippen LogP contribution in [0.25, 0.3) is 10.4 Å². The molecule has 1 unspecified atom stereocenters. The predicted octanol–water partition coefficient (Wildman–Crippen LogP) is 3.67. The highest BCUT2D eigenvalue weighted by molar-refractivity contribution is 9.10. The first-order valence-corrected chi connectivity index (χ1v) is 7.05. The van der Waals surface area contributed by atoms with E-state index in [0.29, 0.717) is 4.47 Å². The normalized spacial score (nSPS) is 17.7. The van der Waals surface area contributed by atoms with Gasteiger partial charge in [0.2, 0.25) is 5.91 Å². The van der Waals surface area contributed by atoms with Gasteiger partial charge in [-0.3, -0.25) is 14.9 Å². The summed E-state index contributed by atoms with van der Waals surface area (Å²) >= 11 is 9.20. The van der Waals surface area contributed by atoms with Gasteiger partial charge >= 0.3 is 0 Å². The molecule has 0 radical (unpaired) electrons. The number of carbonyl (C=O) groups is 1. The van der Waals surface area contributed by atoms with E-state index in [-0.39, 0.29) is 47.7 Å². The first-order chi connectivity index (χ1) is 9.93. The molecular formula is C11H9BrClN5O3. The van der Waals surface area contributed by atoms with Gasteiger partial charge in [0, 0.05) is 35.0 Å². The summed E-state index contributed by atoms with van der Waals surface area (Å²) in [7, 11) is 0. The maximum Gasteiger partial charge on any atom is 0.295 e. The molecule has 0 aliphatic carbocycles. The maximum absolute atomic E-state index is 12.1. The molecule has 1 atom stereocenters. The van der Waals surface area contributed by atoms with E-state index in [2.05, 4.69) is 26.0 Å². The van der Waals surface area contributed by atoms with Crippen LogP contribution in [-0.4, -0.2) is 23.9 Å².